The maximum absolute atomic E-state index is 11.2. The van der Waals surface area contributed by atoms with E-state index in [1.54, 1.807) is 6.92 Å². The second kappa shape index (κ2) is 7.67. The van der Waals surface area contributed by atoms with Crippen LogP contribution in [-0.4, -0.2) is 11.1 Å². The Morgan fingerprint density at radius 2 is 1.64 bits per heavy atom. The molecule has 0 aliphatic carbocycles. The predicted octanol–water partition coefficient (Wildman–Crippen LogP) is 5.12. The number of benzene rings is 3. The molecule has 126 valence electrons. The van der Waals surface area contributed by atoms with Gasteiger partial charge in [-0.05, 0) is 41.3 Å². The van der Waals surface area contributed by atoms with Gasteiger partial charge in [-0.25, -0.2) is 0 Å². The van der Waals surface area contributed by atoms with Gasteiger partial charge in [0, 0.05) is 0 Å². The molecule has 3 aromatic rings. The highest BCUT2D eigenvalue weighted by Crippen LogP contribution is 2.26. The summed E-state index contributed by atoms with van der Waals surface area (Å²) in [7, 11) is 0. The first-order valence-electron chi connectivity index (χ1n) is 8.23. The Morgan fingerprint density at radius 1 is 0.920 bits per heavy atom. The Hall–Kier alpha value is -3.07. The van der Waals surface area contributed by atoms with Crippen LogP contribution < -0.4 is 4.74 Å². The van der Waals surface area contributed by atoms with Crippen molar-refractivity contribution in [1.29, 1.82) is 0 Å². The van der Waals surface area contributed by atoms with E-state index in [4.69, 9.17) is 9.84 Å². The number of carboxylic acids is 1. The molecule has 3 heteroatoms. The van der Waals surface area contributed by atoms with Gasteiger partial charge >= 0.3 is 5.97 Å². The minimum Gasteiger partial charge on any atom is -0.489 e. The molecule has 25 heavy (non-hydrogen) atoms. The van der Waals surface area contributed by atoms with Gasteiger partial charge in [0.25, 0.3) is 0 Å². The average molecular weight is 332 g/mol. The van der Waals surface area contributed by atoms with Crippen molar-refractivity contribution in [2.75, 3.05) is 0 Å². The molecule has 1 N–H and O–H groups in total. The van der Waals surface area contributed by atoms with E-state index in [1.165, 1.54) is 0 Å². The Kier molecular flexibility index (Phi) is 5.14. The van der Waals surface area contributed by atoms with Gasteiger partial charge in [0.15, 0.2) is 0 Å². The molecule has 0 aliphatic rings. The van der Waals surface area contributed by atoms with Gasteiger partial charge < -0.3 is 9.84 Å². The lowest BCUT2D eigenvalue weighted by atomic mass is 9.96. The summed E-state index contributed by atoms with van der Waals surface area (Å²) in [5, 5.41) is 9.17. The van der Waals surface area contributed by atoms with Crippen molar-refractivity contribution < 1.29 is 14.6 Å². The topological polar surface area (TPSA) is 46.5 Å². The summed E-state index contributed by atoms with van der Waals surface area (Å²) in [6.07, 6.45) is 0. The quantitative estimate of drug-likeness (QED) is 0.681. The largest absolute Gasteiger partial charge is 0.489 e. The number of carbonyl (C=O) groups is 1. The molecular formula is C22H20O3. The Balaban J connectivity index is 1.72. The van der Waals surface area contributed by atoms with Gasteiger partial charge in [-0.15, -0.1) is 0 Å². The third-order valence-corrected chi connectivity index (χ3v) is 4.19. The van der Waals surface area contributed by atoms with Crippen LogP contribution in [0, 0.1) is 0 Å². The molecule has 0 aromatic heterocycles. The second-order valence-electron chi connectivity index (χ2n) is 5.98. The number of hydrogen-bond donors (Lipinski definition) is 1. The molecule has 0 aliphatic heterocycles. The fourth-order valence-electron chi connectivity index (χ4n) is 2.61. The number of aliphatic carboxylic acids is 1. The van der Waals surface area contributed by atoms with E-state index in [0.717, 1.165) is 28.0 Å². The Labute approximate surface area is 147 Å². The summed E-state index contributed by atoms with van der Waals surface area (Å²) in [6, 6.07) is 25.5. The molecule has 3 nitrogen and oxygen atoms in total. The van der Waals surface area contributed by atoms with Gasteiger partial charge in [-0.1, -0.05) is 66.7 Å². The summed E-state index contributed by atoms with van der Waals surface area (Å²) in [6.45, 7) is 2.23. The highest BCUT2D eigenvalue weighted by Gasteiger charge is 2.13. The number of rotatable bonds is 6. The lowest BCUT2D eigenvalue weighted by Crippen LogP contribution is -2.07. The van der Waals surface area contributed by atoms with Crippen molar-refractivity contribution in [2.24, 2.45) is 0 Å². The van der Waals surface area contributed by atoms with Crippen LogP contribution in [0.5, 0.6) is 5.75 Å². The van der Waals surface area contributed by atoms with Gasteiger partial charge in [-0.2, -0.15) is 0 Å². The van der Waals surface area contributed by atoms with Crippen molar-refractivity contribution in [2.45, 2.75) is 19.4 Å². The molecule has 0 fully saturated rings. The van der Waals surface area contributed by atoms with Crippen LogP contribution in [0.4, 0.5) is 0 Å². The molecule has 1 atom stereocenters. The average Bonchev–Trinajstić information content (AvgIpc) is 2.67. The van der Waals surface area contributed by atoms with E-state index in [0.29, 0.717) is 6.61 Å². The van der Waals surface area contributed by atoms with Crippen molar-refractivity contribution in [3.63, 3.8) is 0 Å². The van der Waals surface area contributed by atoms with Gasteiger partial charge in [0.2, 0.25) is 0 Å². The van der Waals surface area contributed by atoms with Crippen molar-refractivity contribution in [1.82, 2.24) is 0 Å². The first-order valence-corrected chi connectivity index (χ1v) is 8.23. The van der Waals surface area contributed by atoms with Crippen LogP contribution >= 0.6 is 0 Å². The molecule has 0 radical (unpaired) electrons. The minimum absolute atomic E-state index is 0.520. The first kappa shape index (κ1) is 16.8. The van der Waals surface area contributed by atoms with Crippen LogP contribution in [-0.2, 0) is 11.4 Å². The number of ether oxygens (including phenoxy) is 1. The number of hydrogen-bond acceptors (Lipinski definition) is 2. The van der Waals surface area contributed by atoms with Gasteiger partial charge in [0.05, 0.1) is 5.92 Å². The molecule has 0 saturated heterocycles. The molecule has 1 unspecified atom stereocenters. The maximum Gasteiger partial charge on any atom is 0.310 e. The molecule has 0 amide bonds. The van der Waals surface area contributed by atoms with Crippen LogP contribution in [0.15, 0.2) is 78.9 Å². The Bertz CT molecular complexity index is 839. The van der Waals surface area contributed by atoms with Crippen molar-refractivity contribution >= 4 is 5.97 Å². The molecular weight excluding hydrogens is 312 g/mol. The maximum atomic E-state index is 11.2. The Morgan fingerprint density at radius 3 is 2.32 bits per heavy atom. The van der Waals surface area contributed by atoms with E-state index in [1.807, 2.05) is 78.9 Å². The summed E-state index contributed by atoms with van der Waals surface area (Å²) in [5.41, 5.74) is 3.96. The summed E-state index contributed by atoms with van der Waals surface area (Å²) in [4.78, 5) is 11.2. The first-order chi connectivity index (χ1) is 12.1. The minimum atomic E-state index is -0.818. The normalized spacial score (nSPS) is 11.7. The van der Waals surface area contributed by atoms with Gasteiger partial charge in [-0.3, -0.25) is 4.79 Å². The van der Waals surface area contributed by atoms with E-state index in [2.05, 4.69) is 0 Å². The highest BCUT2D eigenvalue weighted by atomic mass is 16.5. The lowest BCUT2D eigenvalue weighted by Gasteiger charge is -2.10. The summed E-state index contributed by atoms with van der Waals surface area (Å²) >= 11 is 0. The molecule has 0 bridgehead atoms. The van der Waals surface area contributed by atoms with E-state index in [9.17, 15) is 4.79 Å². The smallest absolute Gasteiger partial charge is 0.310 e. The van der Waals surface area contributed by atoms with E-state index in [-0.39, 0.29) is 0 Å². The van der Waals surface area contributed by atoms with Crippen LogP contribution in [0.3, 0.4) is 0 Å². The fraction of sp³-hybridized carbons (Fsp3) is 0.136. The zero-order chi connectivity index (χ0) is 17.6. The predicted molar refractivity (Wildman–Crippen MR) is 98.7 cm³/mol. The van der Waals surface area contributed by atoms with Crippen LogP contribution in [0.25, 0.3) is 11.1 Å². The van der Waals surface area contributed by atoms with E-state index < -0.39 is 11.9 Å². The zero-order valence-corrected chi connectivity index (χ0v) is 14.1. The molecule has 3 rings (SSSR count). The second-order valence-corrected chi connectivity index (χ2v) is 5.98. The third kappa shape index (κ3) is 4.27. The SMILES string of the molecule is CC(C(=O)O)c1cccc(-c2ccc(OCc3ccccc3)cc2)c1. The zero-order valence-electron chi connectivity index (χ0n) is 14.1. The molecule has 0 heterocycles. The third-order valence-electron chi connectivity index (χ3n) is 4.19. The van der Waals surface area contributed by atoms with E-state index >= 15 is 0 Å². The summed E-state index contributed by atoms with van der Waals surface area (Å²) < 4.78 is 5.80. The fourth-order valence-corrected chi connectivity index (χ4v) is 2.61. The van der Waals surface area contributed by atoms with Crippen molar-refractivity contribution in [3.05, 3.63) is 90.0 Å². The number of carboxylic acid groups (broad SMARTS) is 1. The van der Waals surface area contributed by atoms with Crippen molar-refractivity contribution in [3.8, 4) is 16.9 Å². The monoisotopic (exact) mass is 332 g/mol. The highest BCUT2D eigenvalue weighted by molar-refractivity contribution is 5.76. The molecule has 0 saturated carbocycles. The summed E-state index contributed by atoms with van der Waals surface area (Å²) in [5.74, 6) is -0.530. The lowest BCUT2D eigenvalue weighted by molar-refractivity contribution is -0.138. The standard InChI is InChI=1S/C22H20O3/c1-16(22(23)24)19-8-5-9-20(14-19)18-10-12-21(13-11-18)25-15-17-6-3-2-4-7-17/h2-14,16H,15H2,1H3,(H,23,24). The van der Waals surface area contributed by atoms with Gasteiger partial charge in [0.1, 0.15) is 12.4 Å². The van der Waals surface area contributed by atoms with Crippen LogP contribution in [0.2, 0.25) is 0 Å². The molecule has 3 aromatic carbocycles. The van der Waals surface area contributed by atoms with Crippen LogP contribution in [0.1, 0.15) is 24.0 Å². The molecule has 0 spiro atoms.